The molecule has 2 aliphatic heterocycles. The molecule has 6 rings (SSSR count). The number of rotatable bonds is 3. The molecule has 0 amide bonds. The highest BCUT2D eigenvalue weighted by molar-refractivity contribution is 7.54. The second kappa shape index (κ2) is 8.48. The van der Waals surface area contributed by atoms with Gasteiger partial charge in [-0.15, -0.1) is 0 Å². The molecule has 0 aliphatic carbocycles. The quantitative estimate of drug-likeness (QED) is 0.391. The van der Waals surface area contributed by atoms with Crippen LogP contribution in [-0.4, -0.2) is 10.2 Å². The number of aliphatic hydroxyl groups is 2. The van der Waals surface area contributed by atoms with Crippen LogP contribution in [0.5, 0.6) is 0 Å². The van der Waals surface area contributed by atoms with Crippen molar-refractivity contribution < 1.29 is 19.3 Å². The number of fused-ring (bicyclic) bond motifs is 6. The largest absolute Gasteiger partial charge is 0.381 e. The van der Waals surface area contributed by atoms with E-state index in [1.165, 1.54) is 0 Å². The van der Waals surface area contributed by atoms with Crippen molar-refractivity contribution in [2.24, 2.45) is 0 Å². The Morgan fingerprint density at radius 3 is 1.35 bits per heavy atom. The Labute approximate surface area is 199 Å². The molecule has 0 saturated heterocycles. The summed E-state index contributed by atoms with van der Waals surface area (Å²) < 4.78 is 26.7. The normalized spacial score (nSPS) is 22.3. The molecule has 170 valence electrons. The molecule has 0 saturated carbocycles. The second-order valence-corrected chi connectivity index (χ2v) is 12.4. The van der Waals surface area contributed by atoms with E-state index in [1.807, 2.05) is 84.9 Å². The van der Waals surface area contributed by atoms with Crippen LogP contribution in [0.25, 0.3) is 22.3 Å². The maximum atomic E-state index is 13.3. The molecule has 2 aliphatic rings. The van der Waals surface area contributed by atoms with Crippen LogP contribution in [-0.2, 0) is 22.0 Å². The van der Waals surface area contributed by atoms with E-state index in [1.54, 1.807) is 0 Å². The van der Waals surface area contributed by atoms with E-state index in [0.29, 0.717) is 12.8 Å². The fourth-order valence-electron chi connectivity index (χ4n) is 5.43. The summed E-state index contributed by atoms with van der Waals surface area (Å²) in [6.45, 7) is 0. The molecule has 0 aromatic heterocycles. The summed E-state index contributed by atoms with van der Waals surface area (Å²) >= 11 is 0. The minimum Gasteiger partial charge on any atom is -0.381 e. The summed E-state index contributed by atoms with van der Waals surface area (Å²) in [5.74, 6) is -1.97. The van der Waals surface area contributed by atoms with E-state index in [0.717, 1.165) is 55.1 Å². The van der Waals surface area contributed by atoms with E-state index in [4.69, 9.17) is 0 Å². The van der Waals surface area contributed by atoms with Gasteiger partial charge >= 0.3 is 0 Å². The van der Waals surface area contributed by atoms with Gasteiger partial charge in [0.1, 0.15) is 27.3 Å². The lowest BCUT2D eigenvalue weighted by atomic mass is 9.93. The Kier molecular flexibility index (Phi) is 5.43. The fraction of sp³-hybridized carbons (Fsp3) is 0.143. The van der Waals surface area contributed by atoms with Crippen molar-refractivity contribution in [2.75, 3.05) is 0 Å². The summed E-state index contributed by atoms with van der Waals surface area (Å²) in [5, 5.41) is 23.0. The first-order valence-electron chi connectivity index (χ1n) is 11.4. The van der Waals surface area contributed by atoms with Crippen LogP contribution < -0.4 is 10.6 Å². The van der Waals surface area contributed by atoms with Crippen molar-refractivity contribution in [3.63, 3.8) is 0 Å². The molecule has 4 atom stereocenters. The Balaban J connectivity index is 1.41. The average molecular weight is 486 g/mol. The van der Waals surface area contributed by atoms with Crippen molar-refractivity contribution in [3.8, 4) is 22.3 Å². The molecule has 2 heterocycles. The summed E-state index contributed by atoms with van der Waals surface area (Å²) in [5.41, 5.74) is 7.05. The van der Waals surface area contributed by atoms with Crippen LogP contribution >= 0.6 is 15.6 Å². The van der Waals surface area contributed by atoms with E-state index in [-0.39, 0.29) is 0 Å². The molecule has 0 fully saturated rings. The van der Waals surface area contributed by atoms with Crippen LogP contribution in [0.4, 0.5) is 0 Å². The molecule has 4 aromatic rings. The van der Waals surface area contributed by atoms with Gasteiger partial charge in [0.15, 0.2) is 0 Å². The van der Waals surface area contributed by atoms with Crippen molar-refractivity contribution in [1.29, 1.82) is 0 Å². The maximum absolute atomic E-state index is 13.3. The monoisotopic (exact) mass is 486 g/mol. The van der Waals surface area contributed by atoms with Crippen LogP contribution in [0, 0.1) is 0 Å². The number of hydrogen-bond acceptors (Lipinski definition) is 4. The smallest absolute Gasteiger partial charge is 0.136 e. The van der Waals surface area contributed by atoms with Gasteiger partial charge in [-0.1, -0.05) is 84.9 Å². The zero-order chi connectivity index (χ0) is 23.4. The molecule has 4 aromatic carbocycles. The zero-order valence-electron chi connectivity index (χ0n) is 18.4. The molecule has 6 heteroatoms. The predicted molar refractivity (Wildman–Crippen MR) is 138 cm³/mol. The third kappa shape index (κ3) is 3.29. The minimum atomic E-state index is -2.44. The van der Waals surface area contributed by atoms with Gasteiger partial charge in [0.25, 0.3) is 0 Å². The molecule has 4 unspecified atom stereocenters. The van der Waals surface area contributed by atoms with Crippen LogP contribution in [0.1, 0.15) is 33.9 Å². The Hall–Kier alpha value is -2.74. The van der Waals surface area contributed by atoms with Crippen molar-refractivity contribution >= 4 is 26.2 Å². The van der Waals surface area contributed by atoms with Gasteiger partial charge in [-0.2, -0.15) is 0 Å². The number of benzene rings is 4. The van der Waals surface area contributed by atoms with Crippen molar-refractivity contribution in [2.45, 2.75) is 24.5 Å². The van der Waals surface area contributed by atoms with Gasteiger partial charge in [0.05, 0.1) is 0 Å². The predicted octanol–water partition coefficient (Wildman–Crippen LogP) is 5.18. The molecule has 4 nitrogen and oxygen atoms in total. The number of hydrogen-bond donors (Lipinski definition) is 2. The van der Waals surface area contributed by atoms with E-state index in [9.17, 15) is 19.3 Å². The molecular weight excluding hydrogens is 462 g/mol. The topological polar surface area (TPSA) is 74.6 Å². The van der Waals surface area contributed by atoms with Gasteiger partial charge in [0.2, 0.25) is 0 Å². The van der Waals surface area contributed by atoms with Crippen LogP contribution in [0.3, 0.4) is 0 Å². The summed E-state index contributed by atoms with van der Waals surface area (Å²) in [4.78, 5) is 0. The lowest BCUT2D eigenvalue weighted by Crippen LogP contribution is -2.20. The lowest BCUT2D eigenvalue weighted by molar-refractivity contribution is 0.259. The first-order valence-corrected chi connectivity index (χ1v) is 14.4. The summed E-state index contributed by atoms with van der Waals surface area (Å²) in [6.07, 6.45) is 1.22. The number of aryl methyl sites for hydroxylation is 2. The highest BCUT2D eigenvalue weighted by Crippen LogP contribution is 2.50. The molecule has 0 bridgehead atoms. The third-order valence-electron chi connectivity index (χ3n) is 7.05. The SMILES string of the molecule is O=[PH]1c2c(CCc3cccc4c3[PH](=O)C(O)c3ccccc3-4)cccc2-c2ccccc2C1O. The molecule has 2 N–H and O–H groups in total. The van der Waals surface area contributed by atoms with Crippen molar-refractivity contribution in [3.05, 3.63) is 107 Å². The van der Waals surface area contributed by atoms with E-state index in [2.05, 4.69) is 0 Å². The third-order valence-corrected chi connectivity index (χ3v) is 10.8. The highest BCUT2D eigenvalue weighted by atomic mass is 31.1. The second-order valence-electron chi connectivity index (χ2n) is 8.89. The van der Waals surface area contributed by atoms with Gasteiger partial charge in [-0.25, -0.2) is 0 Å². The fourth-order valence-corrected chi connectivity index (χ4v) is 9.07. The Morgan fingerprint density at radius 2 is 0.912 bits per heavy atom. The van der Waals surface area contributed by atoms with Gasteiger partial charge in [-0.05, 0) is 57.3 Å². The Bertz CT molecular complexity index is 1380. The van der Waals surface area contributed by atoms with Gasteiger partial charge < -0.3 is 19.3 Å². The van der Waals surface area contributed by atoms with Gasteiger partial charge in [0, 0.05) is 10.6 Å². The van der Waals surface area contributed by atoms with E-state index >= 15 is 0 Å². The minimum absolute atomic E-state index is 0.609. The molecule has 0 spiro atoms. The van der Waals surface area contributed by atoms with Gasteiger partial charge in [-0.3, -0.25) is 0 Å². The van der Waals surface area contributed by atoms with E-state index < -0.39 is 27.3 Å². The maximum Gasteiger partial charge on any atom is 0.136 e. The number of aliphatic hydroxyl groups excluding tert-OH is 2. The summed E-state index contributed by atoms with van der Waals surface area (Å²) in [7, 11) is -4.88. The average Bonchev–Trinajstić information content (AvgIpc) is 2.88. The highest BCUT2D eigenvalue weighted by Gasteiger charge is 2.32. The Morgan fingerprint density at radius 1 is 0.529 bits per heavy atom. The molecule has 34 heavy (non-hydrogen) atoms. The van der Waals surface area contributed by atoms with Crippen LogP contribution in [0.2, 0.25) is 0 Å². The first-order chi connectivity index (χ1) is 16.6. The standard InChI is InChI=1S/C28H24O4P2/c29-27-23-11-3-1-9-19(23)21-13-5-7-17(25(21)33(27)31)15-16-18-8-6-14-22-20-10-2-4-12-24(20)28(30)34(32)26(18)22/h1-14,27-30,33-34H,15-16H2. The van der Waals surface area contributed by atoms with Crippen LogP contribution in [0.15, 0.2) is 84.9 Å². The first kappa shape index (κ1) is 21.8. The molecule has 0 radical (unpaired) electrons. The van der Waals surface area contributed by atoms with Crippen molar-refractivity contribution in [1.82, 2.24) is 0 Å². The zero-order valence-corrected chi connectivity index (χ0v) is 20.4. The lowest BCUT2D eigenvalue weighted by Gasteiger charge is -2.27. The summed E-state index contributed by atoms with van der Waals surface area (Å²) in [6, 6.07) is 27.1. The molecular formula is C28H24O4P2.